The van der Waals surface area contributed by atoms with Gasteiger partial charge >= 0.3 is 5.97 Å². The van der Waals surface area contributed by atoms with Gasteiger partial charge < -0.3 is 24.8 Å². The smallest absolute Gasteiger partial charge is 0.329 e. The van der Waals surface area contributed by atoms with E-state index in [1.807, 2.05) is 48.5 Å². The number of halogens is 1. The molecule has 7 rings (SSSR count). The molecule has 7 heteroatoms. The Hall–Kier alpha value is -4.00. The minimum absolute atomic E-state index is 0.175. The van der Waals surface area contributed by atoms with E-state index in [1.54, 1.807) is 12.1 Å². The SMILES string of the molecule is CN1CCCCC1COc1ccc2c(c1)C1(CCC(Nc3cccc(Cl)c3)(C(=O)O)CC1)C(c1cccc(Oc3ccccc3)c1)C2. The van der Waals surface area contributed by atoms with E-state index in [0.717, 1.165) is 55.2 Å². The summed E-state index contributed by atoms with van der Waals surface area (Å²) in [6.45, 7) is 1.79. The quantitative estimate of drug-likeness (QED) is 0.188. The van der Waals surface area contributed by atoms with E-state index in [2.05, 4.69) is 53.7 Å². The third-order valence-corrected chi connectivity index (χ3v) is 11.2. The summed E-state index contributed by atoms with van der Waals surface area (Å²) >= 11 is 6.28. The van der Waals surface area contributed by atoms with Crippen molar-refractivity contribution < 1.29 is 19.4 Å². The molecule has 1 spiro atoms. The fourth-order valence-electron chi connectivity index (χ4n) is 8.27. The van der Waals surface area contributed by atoms with E-state index in [-0.39, 0.29) is 11.3 Å². The third kappa shape index (κ3) is 6.46. The van der Waals surface area contributed by atoms with E-state index in [1.165, 1.54) is 29.5 Å². The molecule has 0 amide bonds. The summed E-state index contributed by atoms with van der Waals surface area (Å²) in [5.41, 5.74) is 3.24. The Balaban J connectivity index is 1.21. The number of ether oxygens (including phenoxy) is 2. The van der Waals surface area contributed by atoms with E-state index in [4.69, 9.17) is 21.1 Å². The van der Waals surface area contributed by atoms with Crippen LogP contribution < -0.4 is 14.8 Å². The summed E-state index contributed by atoms with van der Waals surface area (Å²) in [6.07, 6.45) is 6.97. The van der Waals surface area contributed by atoms with Crippen LogP contribution >= 0.6 is 11.6 Å². The maximum Gasteiger partial charge on any atom is 0.329 e. The van der Waals surface area contributed by atoms with Gasteiger partial charge in [0.05, 0.1) is 0 Å². The van der Waals surface area contributed by atoms with Crippen LogP contribution in [0.2, 0.25) is 5.02 Å². The number of carbonyl (C=O) groups is 1. The van der Waals surface area contributed by atoms with Gasteiger partial charge in [-0.1, -0.05) is 60.5 Å². The first-order chi connectivity index (χ1) is 22.8. The lowest BCUT2D eigenvalue weighted by Gasteiger charge is -2.47. The lowest BCUT2D eigenvalue weighted by Crippen LogP contribution is -2.52. The van der Waals surface area contributed by atoms with Crippen LogP contribution in [-0.2, 0) is 16.6 Å². The van der Waals surface area contributed by atoms with Gasteiger partial charge in [0.1, 0.15) is 29.4 Å². The normalized spacial score (nSPS) is 25.7. The number of rotatable bonds is 9. The van der Waals surface area contributed by atoms with Crippen LogP contribution in [0.5, 0.6) is 17.2 Å². The van der Waals surface area contributed by atoms with Gasteiger partial charge in [0.25, 0.3) is 0 Å². The van der Waals surface area contributed by atoms with Gasteiger partial charge in [-0.2, -0.15) is 0 Å². The van der Waals surface area contributed by atoms with Gasteiger partial charge in [-0.3, -0.25) is 0 Å². The van der Waals surface area contributed by atoms with Crippen molar-refractivity contribution in [2.75, 3.05) is 25.5 Å². The molecule has 2 aliphatic carbocycles. The minimum atomic E-state index is -1.08. The number of para-hydroxylation sites is 1. The Morgan fingerprint density at radius 1 is 0.894 bits per heavy atom. The van der Waals surface area contributed by atoms with Crippen molar-refractivity contribution in [2.24, 2.45) is 0 Å². The van der Waals surface area contributed by atoms with Crippen molar-refractivity contribution in [3.05, 3.63) is 119 Å². The van der Waals surface area contributed by atoms with Gasteiger partial charge in [0.15, 0.2) is 0 Å². The molecule has 4 aromatic carbocycles. The number of carboxylic acids is 1. The predicted molar refractivity (Wildman–Crippen MR) is 187 cm³/mol. The Morgan fingerprint density at radius 3 is 2.45 bits per heavy atom. The predicted octanol–water partition coefficient (Wildman–Crippen LogP) is 9.08. The fourth-order valence-corrected chi connectivity index (χ4v) is 8.46. The summed E-state index contributed by atoms with van der Waals surface area (Å²) < 4.78 is 12.8. The number of aliphatic carboxylic acids is 1. The molecule has 2 unspecified atom stereocenters. The summed E-state index contributed by atoms with van der Waals surface area (Å²) in [7, 11) is 2.19. The molecule has 1 heterocycles. The second-order valence-corrected chi connectivity index (χ2v) is 14.1. The molecule has 1 aliphatic heterocycles. The summed E-state index contributed by atoms with van der Waals surface area (Å²) in [5, 5.41) is 14.6. The standard InChI is InChI=1S/C40H43ClN2O4/c1-43-22-6-5-12-32(43)27-46-34-17-16-29-24-36(28-9-7-15-35(23-28)47-33-13-3-2-4-14-33)39(37(29)26-34)18-20-40(21-19-39,38(44)45)42-31-11-8-10-30(41)25-31/h2-4,7-11,13-17,23,25-26,32,36,42H,5-6,12,18-22,24,27H2,1H3,(H,44,45). The molecule has 2 N–H and O–H groups in total. The number of hydrogen-bond donors (Lipinski definition) is 2. The highest BCUT2D eigenvalue weighted by Gasteiger charge is 2.54. The highest BCUT2D eigenvalue weighted by molar-refractivity contribution is 6.30. The lowest BCUT2D eigenvalue weighted by molar-refractivity contribution is -0.144. The third-order valence-electron chi connectivity index (χ3n) is 10.9. The van der Waals surface area contributed by atoms with Crippen molar-refractivity contribution in [1.82, 2.24) is 4.90 Å². The Kier molecular flexibility index (Phi) is 8.91. The molecule has 1 saturated carbocycles. The molecule has 2 fully saturated rings. The second-order valence-electron chi connectivity index (χ2n) is 13.7. The molecule has 0 aromatic heterocycles. The molecule has 47 heavy (non-hydrogen) atoms. The number of anilines is 1. The monoisotopic (exact) mass is 650 g/mol. The van der Waals surface area contributed by atoms with Gasteiger partial charge in [-0.15, -0.1) is 0 Å². The second kappa shape index (κ2) is 13.2. The number of nitrogens with zero attached hydrogens (tertiary/aromatic N) is 1. The van der Waals surface area contributed by atoms with E-state index >= 15 is 0 Å². The van der Waals surface area contributed by atoms with Crippen molar-refractivity contribution in [3.63, 3.8) is 0 Å². The molecule has 4 aromatic rings. The Morgan fingerprint density at radius 2 is 1.68 bits per heavy atom. The van der Waals surface area contributed by atoms with Crippen LogP contribution in [0.4, 0.5) is 5.69 Å². The van der Waals surface area contributed by atoms with Crippen LogP contribution in [0, 0.1) is 0 Å². The van der Waals surface area contributed by atoms with E-state index in [9.17, 15) is 9.90 Å². The average molecular weight is 651 g/mol. The number of fused-ring (bicyclic) bond motifs is 2. The number of likely N-dealkylation sites (N-methyl/N-ethyl adjacent to an activating group) is 1. The number of benzene rings is 4. The Bertz CT molecular complexity index is 1720. The van der Waals surface area contributed by atoms with Crippen molar-refractivity contribution in [2.45, 2.75) is 74.3 Å². The highest BCUT2D eigenvalue weighted by atomic mass is 35.5. The molecule has 244 valence electrons. The Labute approximate surface area is 282 Å². The molecule has 0 radical (unpaired) electrons. The van der Waals surface area contributed by atoms with Crippen molar-refractivity contribution in [3.8, 4) is 17.2 Å². The van der Waals surface area contributed by atoms with Crippen molar-refractivity contribution in [1.29, 1.82) is 0 Å². The van der Waals surface area contributed by atoms with Crippen LogP contribution in [0.1, 0.15) is 67.6 Å². The topological polar surface area (TPSA) is 71.0 Å². The number of carboxylic acid groups (broad SMARTS) is 1. The average Bonchev–Trinajstić information content (AvgIpc) is 3.39. The molecular formula is C40H43ClN2O4. The van der Waals surface area contributed by atoms with Crippen LogP contribution in [0.3, 0.4) is 0 Å². The van der Waals surface area contributed by atoms with Crippen molar-refractivity contribution >= 4 is 23.3 Å². The number of hydrogen-bond acceptors (Lipinski definition) is 5. The molecule has 1 saturated heterocycles. The molecule has 2 atom stereocenters. The number of nitrogens with one attached hydrogen (secondary N) is 1. The van der Waals surface area contributed by atoms with Crippen LogP contribution in [-0.4, -0.2) is 47.8 Å². The lowest BCUT2D eigenvalue weighted by atomic mass is 9.59. The first kappa shape index (κ1) is 31.6. The largest absolute Gasteiger partial charge is 0.492 e. The van der Waals surface area contributed by atoms with Gasteiger partial charge in [-0.25, -0.2) is 4.79 Å². The fraction of sp³-hybridized carbons (Fsp3) is 0.375. The van der Waals surface area contributed by atoms with Gasteiger partial charge in [0, 0.05) is 22.2 Å². The van der Waals surface area contributed by atoms with E-state index < -0.39 is 11.5 Å². The maximum absolute atomic E-state index is 13.0. The van der Waals surface area contributed by atoms with Gasteiger partial charge in [0.2, 0.25) is 0 Å². The zero-order valence-electron chi connectivity index (χ0n) is 27.0. The number of likely N-dealkylation sites (tertiary alicyclic amines) is 1. The highest BCUT2D eigenvalue weighted by Crippen LogP contribution is 2.59. The first-order valence-corrected chi connectivity index (χ1v) is 17.3. The molecule has 3 aliphatic rings. The maximum atomic E-state index is 13.0. The van der Waals surface area contributed by atoms with Gasteiger partial charge in [-0.05, 0) is 136 Å². The molecule has 6 nitrogen and oxygen atoms in total. The zero-order chi connectivity index (χ0) is 32.4. The number of piperidine rings is 1. The van der Waals surface area contributed by atoms with Crippen LogP contribution in [0.15, 0.2) is 97.1 Å². The zero-order valence-corrected chi connectivity index (χ0v) is 27.7. The summed E-state index contributed by atoms with van der Waals surface area (Å²) in [6, 6.07) is 32.7. The first-order valence-electron chi connectivity index (χ1n) is 16.9. The molecule has 0 bridgehead atoms. The van der Waals surface area contributed by atoms with E-state index in [0.29, 0.717) is 30.5 Å². The summed E-state index contributed by atoms with van der Waals surface area (Å²) in [5.74, 6) is 1.86. The summed E-state index contributed by atoms with van der Waals surface area (Å²) in [4.78, 5) is 15.4. The van der Waals surface area contributed by atoms with Crippen LogP contribution in [0.25, 0.3) is 0 Å². The molecular weight excluding hydrogens is 608 g/mol. The minimum Gasteiger partial charge on any atom is -0.492 e.